The zero-order valence-corrected chi connectivity index (χ0v) is 44.2. The molecule has 2 saturated carbocycles. The summed E-state index contributed by atoms with van der Waals surface area (Å²) in [6.45, 7) is 9.07. The third-order valence-electron chi connectivity index (χ3n) is 15.7. The molecule has 3 N–H and O–H groups in total. The summed E-state index contributed by atoms with van der Waals surface area (Å²) in [4.78, 5) is 81.5. The number of aromatic nitrogens is 4. The van der Waals surface area contributed by atoms with Gasteiger partial charge >= 0.3 is 5.97 Å². The molecule has 74 heavy (non-hydrogen) atoms. The highest BCUT2D eigenvalue weighted by Crippen LogP contribution is 2.54. The molecule has 5 aromatic rings. The maximum Gasteiger partial charge on any atom is 0.310 e. The lowest BCUT2D eigenvalue weighted by molar-refractivity contribution is -0.162. The van der Waals surface area contributed by atoms with Crippen molar-refractivity contribution in [2.24, 2.45) is 21.7 Å². The molecule has 20 heteroatoms. The number of carboxylic acid groups (broad SMARTS) is 1. The summed E-state index contributed by atoms with van der Waals surface area (Å²) in [7, 11) is 0. The molecule has 10 rings (SSSR count). The molecule has 3 aromatic heterocycles. The fourth-order valence-corrected chi connectivity index (χ4v) is 12.7. The number of thiophene rings is 1. The molecule has 17 nitrogen and oxygen atoms in total. The number of amides is 4. The molecular weight excluding hydrogens is 1010 g/mol. The number of carbonyl (C=O) groups is 5. The number of aryl methyl sites for hydroxylation is 2. The Hall–Kier alpha value is -6.37. The predicted molar refractivity (Wildman–Crippen MR) is 278 cm³/mol. The summed E-state index contributed by atoms with van der Waals surface area (Å²) < 4.78 is 14.3. The molecule has 1 saturated heterocycles. The normalized spacial score (nSPS) is 21.5. The molecule has 4 atom stereocenters. The number of benzene rings is 2. The number of carboxylic acids is 1. The van der Waals surface area contributed by atoms with Crippen LogP contribution in [0.25, 0.3) is 5.00 Å². The number of nitrogens with zero attached hydrogens (tertiary/aromatic N) is 7. The van der Waals surface area contributed by atoms with Gasteiger partial charge in [0.1, 0.15) is 35.8 Å². The largest absolute Gasteiger partial charge is 0.488 e. The van der Waals surface area contributed by atoms with E-state index in [4.69, 9.17) is 37.7 Å². The SMILES string of the molecule is Cc1sc2c(c1C)C(c1ccc(Cl)cc1)=N[C@@H](CC(=O)NCC(=O)NCCOc1ccc(COc3ccc(Cl)c4c3[C@@H](CN3CC5(CC5)CC3=O)N(C(=O)[C@@H]3CCCC[C@]3(C)C(=O)O)CC4)cn1)c1nnc(C)n1-2. The second-order valence-corrected chi connectivity index (χ2v) is 22.6. The molecule has 3 aliphatic heterocycles. The summed E-state index contributed by atoms with van der Waals surface area (Å²) in [5.41, 5.74) is 4.77. The highest BCUT2D eigenvalue weighted by molar-refractivity contribution is 7.15. The highest BCUT2D eigenvalue weighted by atomic mass is 35.5. The Balaban J connectivity index is 0.744. The lowest BCUT2D eigenvalue weighted by atomic mass is 9.66. The van der Waals surface area contributed by atoms with Crippen LogP contribution in [-0.2, 0) is 37.0 Å². The average molecular weight is 1070 g/mol. The number of aliphatic imine (C=N–C) groups is 1. The van der Waals surface area contributed by atoms with E-state index in [1.165, 1.54) is 0 Å². The molecule has 388 valence electrons. The molecule has 2 aromatic carbocycles. The second-order valence-electron chi connectivity index (χ2n) is 20.6. The van der Waals surface area contributed by atoms with Crippen LogP contribution in [-0.4, -0.2) is 109 Å². The minimum Gasteiger partial charge on any atom is -0.488 e. The molecule has 1 spiro atoms. The third kappa shape index (κ3) is 10.1. The highest BCUT2D eigenvalue weighted by Gasteiger charge is 2.54. The van der Waals surface area contributed by atoms with Gasteiger partial charge in [0.15, 0.2) is 5.82 Å². The topological polar surface area (TPSA) is 211 Å². The number of fused-ring (bicyclic) bond motifs is 4. The van der Waals surface area contributed by atoms with Crippen LogP contribution >= 0.6 is 34.5 Å². The van der Waals surface area contributed by atoms with E-state index >= 15 is 0 Å². The van der Waals surface area contributed by atoms with Crippen LogP contribution in [0.2, 0.25) is 10.0 Å². The molecule has 2 aliphatic carbocycles. The Kier molecular flexibility index (Phi) is 14.3. The maximum absolute atomic E-state index is 14.7. The van der Waals surface area contributed by atoms with Gasteiger partial charge in [0, 0.05) is 75.5 Å². The van der Waals surface area contributed by atoms with Crippen LogP contribution in [0.15, 0.2) is 59.7 Å². The van der Waals surface area contributed by atoms with E-state index in [1.807, 2.05) is 46.7 Å². The summed E-state index contributed by atoms with van der Waals surface area (Å²) in [5.74, 6) is -0.509. The summed E-state index contributed by atoms with van der Waals surface area (Å²) in [5, 5.41) is 26.8. The van der Waals surface area contributed by atoms with Gasteiger partial charge in [-0.2, -0.15) is 0 Å². The van der Waals surface area contributed by atoms with Crippen LogP contribution < -0.4 is 20.1 Å². The van der Waals surface area contributed by atoms with Crippen LogP contribution in [0.5, 0.6) is 11.6 Å². The van der Waals surface area contributed by atoms with Crippen molar-refractivity contribution >= 4 is 69.8 Å². The van der Waals surface area contributed by atoms with E-state index in [2.05, 4.69) is 39.7 Å². The molecule has 5 aliphatic rings. The molecule has 0 radical (unpaired) electrons. The number of rotatable bonds is 16. The van der Waals surface area contributed by atoms with Gasteiger partial charge in [0.25, 0.3) is 0 Å². The van der Waals surface area contributed by atoms with Gasteiger partial charge in [-0.05, 0) is 107 Å². The van der Waals surface area contributed by atoms with Crippen LogP contribution in [0.3, 0.4) is 0 Å². The quantitative estimate of drug-likeness (QED) is 0.0811. The maximum atomic E-state index is 14.7. The number of pyridine rings is 1. The van der Waals surface area contributed by atoms with Gasteiger partial charge in [-0.15, -0.1) is 21.5 Å². The molecular formula is C54H59Cl2N9O8S. The molecule has 0 bridgehead atoms. The van der Waals surface area contributed by atoms with Gasteiger partial charge in [-0.3, -0.25) is 33.5 Å². The Morgan fingerprint density at radius 2 is 1.74 bits per heavy atom. The van der Waals surface area contributed by atoms with Crippen molar-refractivity contribution in [1.29, 1.82) is 0 Å². The van der Waals surface area contributed by atoms with Crippen LogP contribution in [0.4, 0.5) is 0 Å². The number of hydrogen-bond acceptors (Lipinski definition) is 12. The first-order valence-electron chi connectivity index (χ1n) is 25.3. The molecule has 0 unspecified atom stereocenters. The van der Waals surface area contributed by atoms with E-state index in [9.17, 15) is 29.1 Å². The van der Waals surface area contributed by atoms with Crippen molar-refractivity contribution in [3.8, 4) is 16.6 Å². The lowest BCUT2D eigenvalue weighted by Crippen LogP contribution is -2.52. The minimum atomic E-state index is -1.19. The zero-order chi connectivity index (χ0) is 52.1. The molecule has 6 heterocycles. The fraction of sp³-hybridized carbons (Fsp3) is 0.463. The number of halogens is 2. The number of nitrogens with one attached hydrogen (secondary N) is 2. The standard InChI is InChI=1S/C54H59Cl2N9O8S/c1-30-31(2)74-51-46(30)48(34-9-11-35(55)12-10-34)60-39(49-62-61-32(3)65(49)51)23-42(66)58-26-43(67)57-20-22-72-44-15-8-33(25-59-44)28-73-41-14-13-38(56)36-16-21-64(50(69)37-7-5-6-17-53(37,4)52(70)71)40(47(36)41)27-63-29-54(18-19-54)24-45(63)68/h8-15,25,37,39-40H,5-7,16-24,26-29H2,1-4H3,(H,57,67)(H,58,66)(H,70,71)/t37-,39-,40+,53-/m0/s1. The number of likely N-dealkylation sites (tertiary alicyclic amines) is 1. The first kappa shape index (κ1) is 51.1. The van der Waals surface area contributed by atoms with Crippen molar-refractivity contribution in [2.75, 3.05) is 39.3 Å². The van der Waals surface area contributed by atoms with Crippen molar-refractivity contribution in [1.82, 2.24) is 40.2 Å². The third-order valence-corrected chi connectivity index (χ3v) is 17.5. The minimum absolute atomic E-state index is 0.00959. The Bertz CT molecular complexity index is 3060. The van der Waals surface area contributed by atoms with Crippen LogP contribution in [0.1, 0.15) is 120 Å². The van der Waals surface area contributed by atoms with Crippen LogP contribution in [0, 0.1) is 37.5 Å². The summed E-state index contributed by atoms with van der Waals surface area (Å²) >= 11 is 14.7. The van der Waals surface area contributed by atoms with Crippen molar-refractivity contribution in [3.63, 3.8) is 0 Å². The Morgan fingerprint density at radius 3 is 2.47 bits per heavy atom. The summed E-state index contributed by atoms with van der Waals surface area (Å²) in [6, 6.07) is 13.3. The monoisotopic (exact) mass is 1060 g/mol. The number of aliphatic carboxylic acids is 1. The van der Waals surface area contributed by atoms with Gasteiger partial charge in [-0.1, -0.05) is 48.2 Å². The summed E-state index contributed by atoms with van der Waals surface area (Å²) in [6.07, 6.45) is 6.96. The van der Waals surface area contributed by atoms with Crippen molar-refractivity contribution in [3.05, 3.63) is 115 Å². The second kappa shape index (κ2) is 20.7. The van der Waals surface area contributed by atoms with Gasteiger partial charge < -0.3 is 35.0 Å². The Morgan fingerprint density at radius 1 is 0.946 bits per heavy atom. The number of ether oxygens (including phenoxy) is 2. The first-order valence-corrected chi connectivity index (χ1v) is 26.8. The smallest absolute Gasteiger partial charge is 0.310 e. The lowest BCUT2D eigenvalue weighted by Gasteiger charge is -2.45. The van der Waals surface area contributed by atoms with E-state index in [-0.39, 0.29) is 62.4 Å². The van der Waals surface area contributed by atoms with Gasteiger partial charge in [-0.25, -0.2) is 4.98 Å². The van der Waals surface area contributed by atoms with E-state index in [0.29, 0.717) is 72.1 Å². The van der Waals surface area contributed by atoms with E-state index < -0.39 is 35.3 Å². The first-order chi connectivity index (χ1) is 35.5. The molecule has 4 amide bonds. The number of carbonyl (C=O) groups excluding carboxylic acids is 4. The van der Waals surface area contributed by atoms with Crippen molar-refractivity contribution < 1.29 is 38.6 Å². The number of hydrogen-bond donors (Lipinski definition) is 3. The zero-order valence-electron chi connectivity index (χ0n) is 41.8. The van der Waals surface area contributed by atoms with Gasteiger partial charge in [0.2, 0.25) is 29.5 Å². The van der Waals surface area contributed by atoms with Crippen molar-refractivity contribution in [2.45, 2.75) is 104 Å². The van der Waals surface area contributed by atoms with Gasteiger partial charge in [0.05, 0.1) is 42.6 Å². The molecule has 3 fully saturated rings. The predicted octanol–water partition coefficient (Wildman–Crippen LogP) is 7.85. The van der Waals surface area contributed by atoms with E-state index in [0.717, 1.165) is 74.7 Å². The fourth-order valence-electron chi connectivity index (χ4n) is 11.1. The average Bonchev–Trinajstić information content (AvgIpc) is 3.83. The van der Waals surface area contributed by atoms with E-state index in [1.54, 1.807) is 47.6 Å². The Labute approximate surface area is 443 Å².